The zero-order valence-corrected chi connectivity index (χ0v) is 22.2. The molecule has 4 aromatic rings. The zero-order chi connectivity index (χ0) is 26.1. The molecule has 3 heterocycles. The van der Waals surface area contributed by atoms with Crippen LogP contribution < -0.4 is 9.64 Å². The van der Waals surface area contributed by atoms with Gasteiger partial charge in [-0.1, -0.05) is 41.6 Å². The smallest absolute Gasteiger partial charge is 0.249 e. The first-order chi connectivity index (χ1) is 18.5. The summed E-state index contributed by atoms with van der Waals surface area (Å²) in [5, 5.41) is 8.40. The number of hydrogen-bond donors (Lipinski definition) is 0. The van der Waals surface area contributed by atoms with E-state index < -0.39 is 10.0 Å². The fraction of sp³-hybridized carbons (Fsp3) is 0.259. The highest BCUT2D eigenvalue weighted by Crippen LogP contribution is 2.42. The van der Waals surface area contributed by atoms with Gasteiger partial charge in [-0.2, -0.15) is 16.1 Å². The minimum absolute atomic E-state index is 0.0312. The number of para-hydroxylation sites is 1. The van der Waals surface area contributed by atoms with Crippen molar-refractivity contribution in [2.45, 2.75) is 24.5 Å². The highest BCUT2D eigenvalue weighted by Gasteiger charge is 2.36. The average Bonchev–Trinajstić information content (AvgIpc) is 3.35. The first kappa shape index (κ1) is 24.9. The molecule has 8 nitrogen and oxygen atoms in total. The molecule has 0 amide bonds. The molecule has 38 heavy (non-hydrogen) atoms. The van der Waals surface area contributed by atoms with E-state index in [0.717, 1.165) is 35.7 Å². The number of benzene rings is 3. The van der Waals surface area contributed by atoms with Gasteiger partial charge in [0, 0.05) is 36.7 Å². The van der Waals surface area contributed by atoms with Gasteiger partial charge in [0.1, 0.15) is 22.2 Å². The fourth-order valence-electron chi connectivity index (χ4n) is 4.79. The summed E-state index contributed by atoms with van der Waals surface area (Å²) in [6, 6.07) is 19.2. The van der Waals surface area contributed by atoms with Gasteiger partial charge in [0.25, 0.3) is 0 Å². The number of aromatic nitrogens is 3. The SMILES string of the molecule is O=S1(=O)c2c(cccc2N2CCSCC2)Oc2ccccc2CN1Cc1cn(Cc2cccc(F)c2)nn1. The van der Waals surface area contributed by atoms with E-state index >= 15 is 0 Å². The molecule has 2 aliphatic heterocycles. The van der Waals surface area contributed by atoms with Crippen LogP contribution in [0.2, 0.25) is 0 Å². The topological polar surface area (TPSA) is 80.6 Å². The lowest BCUT2D eigenvalue weighted by Crippen LogP contribution is -2.36. The molecule has 196 valence electrons. The quantitative estimate of drug-likeness (QED) is 0.361. The normalized spacial score (nSPS) is 17.1. The van der Waals surface area contributed by atoms with Crippen LogP contribution in [0.3, 0.4) is 0 Å². The monoisotopic (exact) mass is 551 g/mol. The molecule has 6 rings (SSSR count). The molecule has 0 unspecified atom stereocenters. The molecule has 0 aliphatic carbocycles. The van der Waals surface area contributed by atoms with Crippen LogP contribution in [0.15, 0.2) is 77.8 Å². The van der Waals surface area contributed by atoms with Crippen LogP contribution in [0.4, 0.5) is 10.1 Å². The van der Waals surface area contributed by atoms with Gasteiger partial charge in [0.2, 0.25) is 10.0 Å². The van der Waals surface area contributed by atoms with E-state index in [-0.39, 0.29) is 23.8 Å². The number of halogens is 1. The Balaban J connectivity index is 1.38. The zero-order valence-electron chi connectivity index (χ0n) is 20.5. The summed E-state index contributed by atoms with van der Waals surface area (Å²) < 4.78 is 51.5. The lowest BCUT2D eigenvalue weighted by Gasteiger charge is -2.33. The van der Waals surface area contributed by atoms with Gasteiger partial charge >= 0.3 is 0 Å². The minimum Gasteiger partial charge on any atom is -0.456 e. The van der Waals surface area contributed by atoms with Gasteiger partial charge in [-0.05, 0) is 35.9 Å². The number of fused-ring (bicyclic) bond motifs is 2. The lowest BCUT2D eigenvalue weighted by atomic mass is 10.2. The molecule has 0 saturated carbocycles. The van der Waals surface area contributed by atoms with Crippen LogP contribution in [-0.2, 0) is 29.7 Å². The van der Waals surface area contributed by atoms with Gasteiger partial charge < -0.3 is 9.64 Å². The second-order valence-corrected chi connectivity index (χ2v) is 12.3. The van der Waals surface area contributed by atoms with Crippen LogP contribution in [0.25, 0.3) is 0 Å². The van der Waals surface area contributed by atoms with E-state index in [2.05, 4.69) is 15.2 Å². The van der Waals surface area contributed by atoms with Crippen LogP contribution in [0, 0.1) is 5.82 Å². The second kappa shape index (κ2) is 10.4. The van der Waals surface area contributed by atoms with Crippen molar-refractivity contribution in [3.05, 3.63) is 95.6 Å². The number of ether oxygens (including phenoxy) is 1. The average molecular weight is 552 g/mol. The Labute approximate surface area is 225 Å². The first-order valence-corrected chi connectivity index (χ1v) is 14.9. The summed E-state index contributed by atoms with van der Waals surface area (Å²) in [6.07, 6.45) is 1.70. The molecule has 11 heteroatoms. The highest BCUT2D eigenvalue weighted by molar-refractivity contribution is 7.99. The Morgan fingerprint density at radius 3 is 2.58 bits per heavy atom. The van der Waals surface area contributed by atoms with Crippen molar-refractivity contribution in [3.63, 3.8) is 0 Å². The Hall–Kier alpha value is -3.41. The lowest BCUT2D eigenvalue weighted by molar-refractivity contribution is 0.371. The number of nitrogens with zero attached hydrogens (tertiary/aromatic N) is 5. The molecule has 1 aromatic heterocycles. The number of sulfonamides is 1. The van der Waals surface area contributed by atoms with Gasteiger partial charge in [-0.25, -0.2) is 17.5 Å². The molecule has 0 N–H and O–H groups in total. The van der Waals surface area contributed by atoms with Crippen molar-refractivity contribution >= 4 is 27.5 Å². The molecular weight excluding hydrogens is 525 g/mol. The summed E-state index contributed by atoms with van der Waals surface area (Å²) in [6.45, 7) is 2.01. The van der Waals surface area contributed by atoms with Crippen molar-refractivity contribution in [2.24, 2.45) is 0 Å². The maximum Gasteiger partial charge on any atom is 0.249 e. The van der Waals surface area contributed by atoms with E-state index in [1.165, 1.54) is 16.4 Å². The van der Waals surface area contributed by atoms with E-state index in [1.807, 2.05) is 54.2 Å². The van der Waals surface area contributed by atoms with Gasteiger partial charge in [-0.3, -0.25) is 0 Å². The van der Waals surface area contributed by atoms with Crippen molar-refractivity contribution in [3.8, 4) is 11.5 Å². The summed E-state index contributed by atoms with van der Waals surface area (Å²) >= 11 is 1.86. The number of thioether (sulfide) groups is 1. The molecule has 1 fully saturated rings. The van der Waals surface area contributed by atoms with E-state index in [4.69, 9.17) is 4.74 Å². The third kappa shape index (κ3) is 5.01. The van der Waals surface area contributed by atoms with Gasteiger partial charge in [-0.15, -0.1) is 5.10 Å². The van der Waals surface area contributed by atoms with Crippen molar-refractivity contribution in [1.29, 1.82) is 0 Å². The second-order valence-electron chi connectivity index (χ2n) is 9.22. The summed E-state index contributed by atoms with van der Waals surface area (Å²) in [5.74, 6) is 2.48. The van der Waals surface area contributed by atoms with Crippen LogP contribution >= 0.6 is 11.8 Å². The molecule has 0 bridgehead atoms. The van der Waals surface area contributed by atoms with Gasteiger partial charge in [0.05, 0.1) is 30.7 Å². The Morgan fingerprint density at radius 2 is 1.74 bits per heavy atom. The molecule has 3 aromatic carbocycles. The third-order valence-corrected chi connectivity index (χ3v) is 9.41. The first-order valence-electron chi connectivity index (χ1n) is 12.3. The summed E-state index contributed by atoms with van der Waals surface area (Å²) in [5.41, 5.74) is 2.65. The molecular formula is C27H26FN5O3S2. The highest BCUT2D eigenvalue weighted by atomic mass is 32.2. The largest absolute Gasteiger partial charge is 0.456 e. The molecule has 2 aliphatic rings. The molecule has 0 spiro atoms. The number of rotatable bonds is 5. The maximum absolute atomic E-state index is 14.3. The standard InChI is InChI=1S/C27H26FN5O3S2/c28-22-7-3-5-20(15-22)16-32-18-23(29-30-32)19-33-17-21-6-1-2-9-25(21)36-26-10-4-8-24(27(26)38(33,34)35)31-11-13-37-14-12-31/h1-10,15,18H,11-14,16-17,19H2. The third-order valence-electron chi connectivity index (χ3n) is 6.61. The molecule has 0 radical (unpaired) electrons. The molecule has 0 atom stereocenters. The van der Waals surface area contributed by atoms with E-state index in [1.54, 1.807) is 23.0 Å². The minimum atomic E-state index is -3.99. The van der Waals surface area contributed by atoms with Gasteiger partial charge in [0.15, 0.2) is 0 Å². The summed E-state index contributed by atoms with van der Waals surface area (Å²) in [4.78, 5) is 2.30. The van der Waals surface area contributed by atoms with E-state index in [0.29, 0.717) is 29.4 Å². The predicted molar refractivity (Wildman–Crippen MR) is 144 cm³/mol. The van der Waals surface area contributed by atoms with Crippen LogP contribution in [0.5, 0.6) is 11.5 Å². The van der Waals surface area contributed by atoms with Crippen molar-refractivity contribution in [1.82, 2.24) is 19.3 Å². The fourth-order valence-corrected chi connectivity index (χ4v) is 7.38. The van der Waals surface area contributed by atoms with Crippen molar-refractivity contribution in [2.75, 3.05) is 29.5 Å². The maximum atomic E-state index is 14.3. The number of hydrogen-bond acceptors (Lipinski definition) is 7. The van der Waals surface area contributed by atoms with Crippen LogP contribution in [0.1, 0.15) is 16.8 Å². The van der Waals surface area contributed by atoms with E-state index in [9.17, 15) is 12.8 Å². The number of anilines is 1. The summed E-state index contributed by atoms with van der Waals surface area (Å²) in [7, 11) is -3.99. The Kier molecular flexibility index (Phi) is 6.81. The Morgan fingerprint density at radius 1 is 0.947 bits per heavy atom. The molecule has 1 saturated heterocycles. The predicted octanol–water partition coefficient (Wildman–Crippen LogP) is 4.52. The van der Waals surface area contributed by atoms with Crippen molar-refractivity contribution < 1.29 is 17.5 Å². The Bertz CT molecular complexity index is 1570. The van der Waals surface area contributed by atoms with Crippen LogP contribution in [-0.4, -0.2) is 52.3 Å².